The van der Waals surface area contributed by atoms with Gasteiger partial charge in [0, 0.05) is 6.04 Å². The number of rotatable bonds is 6. The Bertz CT molecular complexity index is 360. The van der Waals surface area contributed by atoms with Crippen LogP contribution in [0.3, 0.4) is 0 Å². The summed E-state index contributed by atoms with van der Waals surface area (Å²) in [6, 6.07) is 10.5. The number of benzene rings is 1. The van der Waals surface area contributed by atoms with Crippen molar-refractivity contribution in [3.63, 3.8) is 0 Å². The van der Waals surface area contributed by atoms with E-state index in [4.69, 9.17) is 0 Å². The summed E-state index contributed by atoms with van der Waals surface area (Å²) in [5.74, 6) is -0.208. The van der Waals surface area contributed by atoms with Gasteiger partial charge in [-0.05, 0) is 37.7 Å². The molecular weight excluding hydrogens is 214 g/mol. The molecule has 0 unspecified atom stereocenters. The molecule has 92 valence electrons. The summed E-state index contributed by atoms with van der Waals surface area (Å²) in [5.41, 5.74) is 1.25. The van der Waals surface area contributed by atoms with Crippen LogP contribution in [0.1, 0.15) is 31.2 Å². The summed E-state index contributed by atoms with van der Waals surface area (Å²) < 4.78 is 0. The van der Waals surface area contributed by atoms with Crippen LogP contribution in [0.2, 0.25) is 0 Å². The monoisotopic (exact) mass is 233 g/mol. The van der Waals surface area contributed by atoms with Gasteiger partial charge in [0.1, 0.15) is 6.10 Å². The maximum atomic E-state index is 11.5. The van der Waals surface area contributed by atoms with E-state index in [1.165, 1.54) is 5.56 Å². The minimum absolute atomic E-state index is 0.208. The highest BCUT2D eigenvalue weighted by atomic mass is 16.3. The molecule has 0 heterocycles. The maximum absolute atomic E-state index is 11.5. The molecule has 0 aliphatic heterocycles. The van der Waals surface area contributed by atoms with Gasteiger partial charge in [0.05, 0.1) is 0 Å². The fraction of sp³-hybridized carbons (Fsp3) is 0.500. The number of aliphatic hydroxyl groups excluding tert-OH is 1. The van der Waals surface area contributed by atoms with E-state index in [2.05, 4.69) is 17.4 Å². The van der Waals surface area contributed by atoms with E-state index in [1.807, 2.05) is 18.2 Å². The molecule has 1 aromatic rings. The molecule has 1 aliphatic carbocycles. The molecule has 1 aliphatic rings. The van der Waals surface area contributed by atoms with E-state index in [9.17, 15) is 9.90 Å². The fourth-order valence-corrected chi connectivity index (χ4v) is 1.80. The van der Waals surface area contributed by atoms with Gasteiger partial charge in [0.2, 0.25) is 5.91 Å². The molecule has 3 nitrogen and oxygen atoms in total. The fourth-order valence-electron chi connectivity index (χ4n) is 1.80. The van der Waals surface area contributed by atoms with Crippen molar-refractivity contribution < 1.29 is 9.90 Å². The lowest BCUT2D eigenvalue weighted by atomic mass is 10.1. The van der Waals surface area contributed by atoms with Crippen LogP contribution in [-0.2, 0) is 11.2 Å². The van der Waals surface area contributed by atoms with Crippen LogP contribution >= 0.6 is 0 Å². The van der Waals surface area contributed by atoms with E-state index in [-0.39, 0.29) is 5.91 Å². The third-order valence-electron chi connectivity index (χ3n) is 3.01. The molecule has 0 radical (unpaired) electrons. The summed E-state index contributed by atoms with van der Waals surface area (Å²) in [7, 11) is 0. The number of hydrogen-bond acceptors (Lipinski definition) is 2. The van der Waals surface area contributed by atoms with Crippen molar-refractivity contribution in [2.75, 3.05) is 0 Å². The molecule has 1 fully saturated rings. The SMILES string of the molecule is O=C(NC1CC1)[C@@H](O)CCCc1ccccc1. The number of nitrogens with one attached hydrogen (secondary N) is 1. The molecule has 2 N–H and O–H groups in total. The molecule has 1 aromatic carbocycles. The summed E-state index contributed by atoms with van der Waals surface area (Å²) >= 11 is 0. The van der Waals surface area contributed by atoms with Gasteiger partial charge in [-0.15, -0.1) is 0 Å². The zero-order chi connectivity index (χ0) is 12.1. The standard InChI is InChI=1S/C14H19NO2/c16-13(14(17)15-12-9-10-12)8-4-7-11-5-2-1-3-6-11/h1-3,5-6,12-13,16H,4,7-10H2,(H,15,17)/t13-/m0/s1. The Balaban J connectivity index is 1.65. The molecule has 3 heteroatoms. The van der Waals surface area contributed by atoms with E-state index < -0.39 is 6.10 Å². The third-order valence-corrected chi connectivity index (χ3v) is 3.01. The van der Waals surface area contributed by atoms with Gasteiger partial charge in [0.25, 0.3) is 0 Å². The van der Waals surface area contributed by atoms with Crippen molar-refractivity contribution >= 4 is 5.91 Å². The quantitative estimate of drug-likeness (QED) is 0.785. The van der Waals surface area contributed by atoms with Crippen molar-refractivity contribution in [1.82, 2.24) is 5.32 Å². The minimum atomic E-state index is -0.848. The second kappa shape index (κ2) is 5.82. The Morgan fingerprint density at radius 3 is 2.71 bits per heavy atom. The molecule has 1 atom stereocenters. The van der Waals surface area contributed by atoms with Crippen LogP contribution < -0.4 is 5.32 Å². The first-order valence-electron chi connectivity index (χ1n) is 6.28. The largest absolute Gasteiger partial charge is 0.383 e. The molecular formula is C14H19NO2. The van der Waals surface area contributed by atoms with Crippen LogP contribution in [0.15, 0.2) is 30.3 Å². The minimum Gasteiger partial charge on any atom is -0.383 e. The number of aliphatic hydroxyl groups is 1. The zero-order valence-electron chi connectivity index (χ0n) is 9.93. The van der Waals surface area contributed by atoms with Crippen LogP contribution in [-0.4, -0.2) is 23.2 Å². The Morgan fingerprint density at radius 2 is 2.06 bits per heavy atom. The molecule has 17 heavy (non-hydrogen) atoms. The molecule has 0 aromatic heterocycles. The number of carbonyl (C=O) groups is 1. The van der Waals surface area contributed by atoms with Gasteiger partial charge in [-0.2, -0.15) is 0 Å². The predicted octanol–water partition coefficient (Wildman–Crippen LogP) is 1.65. The van der Waals surface area contributed by atoms with E-state index >= 15 is 0 Å². The second-order valence-corrected chi connectivity index (χ2v) is 4.68. The van der Waals surface area contributed by atoms with Gasteiger partial charge >= 0.3 is 0 Å². The summed E-state index contributed by atoms with van der Waals surface area (Å²) in [6.45, 7) is 0. The second-order valence-electron chi connectivity index (χ2n) is 4.68. The van der Waals surface area contributed by atoms with Gasteiger partial charge in [-0.1, -0.05) is 30.3 Å². The smallest absolute Gasteiger partial charge is 0.249 e. The van der Waals surface area contributed by atoms with Gasteiger partial charge < -0.3 is 10.4 Å². The predicted molar refractivity (Wildman–Crippen MR) is 66.6 cm³/mol. The number of hydrogen-bond donors (Lipinski definition) is 2. The number of carbonyl (C=O) groups excluding carboxylic acids is 1. The molecule has 0 bridgehead atoms. The summed E-state index contributed by atoms with van der Waals surface area (Å²) in [6.07, 6.45) is 3.55. The van der Waals surface area contributed by atoms with Gasteiger partial charge in [-0.25, -0.2) is 0 Å². The molecule has 2 rings (SSSR count). The average Bonchev–Trinajstić information content (AvgIpc) is 3.14. The average molecular weight is 233 g/mol. The van der Waals surface area contributed by atoms with Gasteiger partial charge in [0.15, 0.2) is 0 Å². The molecule has 1 amide bonds. The zero-order valence-corrected chi connectivity index (χ0v) is 9.93. The van der Waals surface area contributed by atoms with Crippen molar-refractivity contribution in [3.05, 3.63) is 35.9 Å². The van der Waals surface area contributed by atoms with Crippen molar-refractivity contribution in [1.29, 1.82) is 0 Å². The summed E-state index contributed by atoms with van der Waals surface area (Å²) in [5, 5.41) is 12.5. The van der Waals surface area contributed by atoms with Crippen molar-refractivity contribution in [2.45, 2.75) is 44.2 Å². The van der Waals surface area contributed by atoms with Crippen LogP contribution in [0.25, 0.3) is 0 Å². The maximum Gasteiger partial charge on any atom is 0.249 e. The first kappa shape index (κ1) is 12.1. The first-order valence-corrected chi connectivity index (χ1v) is 6.28. The lowest BCUT2D eigenvalue weighted by Crippen LogP contribution is -2.35. The lowest BCUT2D eigenvalue weighted by Gasteiger charge is -2.10. The Morgan fingerprint density at radius 1 is 1.35 bits per heavy atom. The molecule has 1 saturated carbocycles. The van der Waals surface area contributed by atoms with Gasteiger partial charge in [-0.3, -0.25) is 4.79 Å². The summed E-state index contributed by atoms with van der Waals surface area (Å²) in [4.78, 5) is 11.5. The Hall–Kier alpha value is -1.35. The van der Waals surface area contributed by atoms with Crippen LogP contribution in [0.4, 0.5) is 0 Å². The Kier molecular flexibility index (Phi) is 4.15. The number of aryl methyl sites for hydroxylation is 1. The van der Waals surface area contributed by atoms with Crippen molar-refractivity contribution in [3.8, 4) is 0 Å². The van der Waals surface area contributed by atoms with Crippen LogP contribution in [0, 0.1) is 0 Å². The molecule has 0 spiro atoms. The third kappa shape index (κ3) is 4.19. The lowest BCUT2D eigenvalue weighted by molar-refractivity contribution is -0.129. The van der Waals surface area contributed by atoms with E-state index in [0.717, 1.165) is 25.7 Å². The molecule has 0 saturated heterocycles. The Labute approximate surface area is 102 Å². The van der Waals surface area contributed by atoms with Crippen LogP contribution in [0.5, 0.6) is 0 Å². The van der Waals surface area contributed by atoms with Crippen molar-refractivity contribution in [2.24, 2.45) is 0 Å². The highest BCUT2D eigenvalue weighted by Gasteiger charge is 2.26. The van der Waals surface area contributed by atoms with E-state index in [1.54, 1.807) is 0 Å². The highest BCUT2D eigenvalue weighted by molar-refractivity contribution is 5.80. The topological polar surface area (TPSA) is 49.3 Å². The normalized spacial score (nSPS) is 16.5. The number of amides is 1. The van der Waals surface area contributed by atoms with E-state index in [0.29, 0.717) is 12.5 Å². The highest BCUT2D eigenvalue weighted by Crippen LogP contribution is 2.19. The first-order chi connectivity index (χ1) is 8.25.